The van der Waals surface area contributed by atoms with Crippen molar-refractivity contribution in [1.29, 1.82) is 0 Å². The summed E-state index contributed by atoms with van der Waals surface area (Å²) in [5.41, 5.74) is 5.82. The molecule has 0 aromatic carbocycles. The number of nitrogens with zero attached hydrogens (tertiary/aromatic N) is 7. The third-order valence-corrected chi connectivity index (χ3v) is 8.51. The lowest BCUT2D eigenvalue weighted by atomic mass is 10.1. The van der Waals surface area contributed by atoms with E-state index in [0.29, 0.717) is 25.3 Å². The summed E-state index contributed by atoms with van der Waals surface area (Å²) in [6, 6.07) is 3.71. The molecule has 224 valence electrons. The molecule has 14 heteroatoms. The first-order chi connectivity index (χ1) is 20.3. The van der Waals surface area contributed by atoms with Crippen LogP contribution in [0.4, 0.5) is 15.9 Å². The molecule has 1 saturated heterocycles. The molecule has 0 unspecified atom stereocenters. The van der Waals surface area contributed by atoms with E-state index >= 15 is 4.39 Å². The maximum Gasteiger partial charge on any atom is 0.355 e. The zero-order valence-corrected chi connectivity index (χ0v) is 25.0. The number of sulfone groups is 1. The average molecular weight is 607 g/mol. The SMILES string of the molecule is C=CC(=O)N1CCN(c2nc(=O)n(-c3c(S(C)(=O)=O)ccnc3C(C)C)c3nc(-c4cnccc4N)c(F)cc23)[C@@H](C)C1. The van der Waals surface area contributed by atoms with Gasteiger partial charge in [0, 0.05) is 61.8 Å². The van der Waals surface area contributed by atoms with Gasteiger partial charge in [0.1, 0.15) is 11.5 Å². The average Bonchev–Trinajstić information content (AvgIpc) is 2.96. The highest BCUT2D eigenvalue weighted by Gasteiger charge is 2.31. The van der Waals surface area contributed by atoms with E-state index in [9.17, 15) is 18.0 Å². The van der Waals surface area contributed by atoms with Crippen molar-refractivity contribution >= 4 is 38.3 Å². The van der Waals surface area contributed by atoms with Crippen LogP contribution < -0.4 is 16.3 Å². The fourth-order valence-corrected chi connectivity index (χ4v) is 6.17. The largest absolute Gasteiger partial charge is 0.398 e. The second-order valence-corrected chi connectivity index (χ2v) is 12.7. The van der Waals surface area contributed by atoms with E-state index in [2.05, 4.69) is 26.5 Å². The zero-order valence-electron chi connectivity index (χ0n) is 24.2. The molecule has 0 radical (unpaired) electrons. The Morgan fingerprint density at radius 1 is 1.21 bits per heavy atom. The summed E-state index contributed by atoms with van der Waals surface area (Å²) in [6.07, 6.45) is 6.45. The van der Waals surface area contributed by atoms with Crippen molar-refractivity contribution in [2.45, 2.75) is 37.6 Å². The summed E-state index contributed by atoms with van der Waals surface area (Å²) in [4.78, 5) is 47.0. The predicted octanol–water partition coefficient (Wildman–Crippen LogP) is 2.71. The number of carbonyl (C=O) groups is 1. The van der Waals surface area contributed by atoms with Crippen LogP contribution >= 0.6 is 0 Å². The smallest absolute Gasteiger partial charge is 0.355 e. The topological polar surface area (TPSA) is 157 Å². The zero-order chi connectivity index (χ0) is 31.2. The van der Waals surface area contributed by atoms with Gasteiger partial charge in [-0.25, -0.2) is 27.2 Å². The molecule has 1 atom stereocenters. The van der Waals surface area contributed by atoms with Gasteiger partial charge in [-0.3, -0.25) is 14.8 Å². The molecule has 0 saturated carbocycles. The van der Waals surface area contributed by atoms with E-state index in [4.69, 9.17) is 5.73 Å². The number of hydrogen-bond donors (Lipinski definition) is 1. The van der Waals surface area contributed by atoms with E-state index < -0.39 is 21.3 Å². The number of amides is 1. The number of piperazine rings is 1. The van der Waals surface area contributed by atoms with Gasteiger partial charge in [0.2, 0.25) is 5.91 Å². The normalized spacial score (nSPS) is 15.7. The molecule has 43 heavy (non-hydrogen) atoms. The van der Waals surface area contributed by atoms with Gasteiger partial charge < -0.3 is 15.5 Å². The highest BCUT2D eigenvalue weighted by Crippen LogP contribution is 2.35. The number of rotatable bonds is 6. The summed E-state index contributed by atoms with van der Waals surface area (Å²) in [6.45, 7) is 9.96. The van der Waals surface area contributed by atoms with Crippen LogP contribution in [0.5, 0.6) is 0 Å². The number of halogens is 1. The Bertz CT molecular complexity index is 1940. The molecule has 0 bridgehead atoms. The van der Waals surface area contributed by atoms with Gasteiger partial charge in [-0.05, 0) is 37.1 Å². The Balaban J connectivity index is 1.88. The van der Waals surface area contributed by atoms with Crippen molar-refractivity contribution in [3.05, 3.63) is 71.4 Å². The highest BCUT2D eigenvalue weighted by molar-refractivity contribution is 7.90. The second-order valence-electron chi connectivity index (χ2n) is 10.7. The fourth-order valence-electron chi connectivity index (χ4n) is 5.32. The van der Waals surface area contributed by atoms with Crippen molar-refractivity contribution in [1.82, 2.24) is 29.4 Å². The number of nitrogens with two attached hydrogens (primary N) is 1. The molecule has 4 aromatic rings. The molecule has 2 N–H and O–H groups in total. The van der Waals surface area contributed by atoms with Crippen LogP contribution in [0, 0.1) is 5.82 Å². The number of fused-ring (bicyclic) bond motifs is 1. The monoisotopic (exact) mass is 606 g/mol. The number of carbonyl (C=O) groups excluding carboxylic acids is 1. The molecular formula is C29H31FN8O4S. The van der Waals surface area contributed by atoms with Crippen molar-refractivity contribution in [3.63, 3.8) is 0 Å². The highest BCUT2D eigenvalue weighted by atomic mass is 32.2. The minimum Gasteiger partial charge on any atom is -0.398 e. The second kappa shape index (κ2) is 11.2. The fraction of sp³-hybridized carbons (Fsp3) is 0.310. The van der Waals surface area contributed by atoms with Crippen molar-refractivity contribution in [2.75, 3.05) is 36.5 Å². The quantitative estimate of drug-likeness (QED) is 0.324. The van der Waals surface area contributed by atoms with Gasteiger partial charge >= 0.3 is 5.69 Å². The van der Waals surface area contributed by atoms with Crippen molar-refractivity contribution in [3.8, 4) is 16.9 Å². The van der Waals surface area contributed by atoms with Crippen LogP contribution in [0.2, 0.25) is 0 Å². The lowest BCUT2D eigenvalue weighted by molar-refractivity contribution is -0.126. The van der Waals surface area contributed by atoms with E-state index in [0.717, 1.165) is 10.8 Å². The molecular weight excluding hydrogens is 575 g/mol. The molecule has 0 aliphatic carbocycles. The minimum absolute atomic E-state index is 0.00675. The number of nitrogen functional groups attached to an aromatic ring is 1. The minimum atomic E-state index is -3.87. The van der Waals surface area contributed by atoms with Crippen molar-refractivity contribution < 1.29 is 17.6 Å². The summed E-state index contributed by atoms with van der Waals surface area (Å²) in [7, 11) is -3.87. The van der Waals surface area contributed by atoms with Gasteiger partial charge in [0.05, 0.1) is 21.7 Å². The van der Waals surface area contributed by atoms with Crippen LogP contribution in [0.1, 0.15) is 32.4 Å². The van der Waals surface area contributed by atoms with Gasteiger partial charge in [0.25, 0.3) is 0 Å². The van der Waals surface area contributed by atoms with E-state index in [1.165, 1.54) is 42.9 Å². The Hall–Kier alpha value is -4.72. The van der Waals surface area contributed by atoms with E-state index in [-0.39, 0.29) is 62.2 Å². The first-order valence-corrected chi connectivity index (χ1v) is 15.4. The van der Waals surface area contributed by atoms with Crippen LogP contribution in [0.3, 0.4) is 0 Å². The standard InChI is InChI=1S/C29H31FN8O4S/c1-6-23(39)36-11-12-37(17(4)15-36)27-18-13-20(30)25(19-14-32-9-7-21(19)31)34-28(18)38(29(40)35-27)26-22(43(5,41)42)8-10-33-24(26)16(2)3/h6-10,13-14,16-17H,1,11-12,15H2,2-5H3,(H2,31,32)/t17-/m0/s1. The van der Waals surface area contributed by atoms with Crippen LogP contribution in [-0.2, 0) is 14.6 Å². The molecule has 0 spiro atoms. The van der Waals surface area contributed by atoms with Gasteiger partial charge in [0.15, 0.2) is 21.3 Å². The Kier molecular flexibility index (Phi) is 7.73. The lowest BCUT2D eigenvalue weighted by Crippen LogP contribution is -2.54. The third kappa shape index (κ3) is 5.33. The first-order valence-electron chi connectivity index (χ1n) is 13.5. The Morgan fingerprint density at radius 2 is 1.95 bits per heavy atom. The number of aromatic nitrogens is 5. The molecule has 12 nitrogen and oxygen atoms in total. The maximum atomic E-state index is 15.9. The molecule has 4 aromatic heterocycles. The summed E-state index contributed by atoms with van der Waals surface area (Å²) in [5.74, 6) is -1.12. The number of anilines is 2. The van der Waals surface area contributed by atoms with Crippen LogP contribution in [0.25, 0.3) is 28.0 Å². The molecule has 5 rings (SSSR count). The van der Waals surface area contributed by atoms with Crippen LogP contribution in [-0.4, -0.2) is 75.7 Å². The van der Waals surface area contributed by atoms with Gasteiger partial charge in [-0.1, -0.05) is 20.4 Å². The summed E-state index contributed by atoms with van der Waals surface area (Å²) in [5, 5.41) is 0.164. The van der Waals surface area contributed by atoms with E-state index in [1.54, 1.807) is 4.90 Å². The maximum absolute atomic E-state index is 15.9. The van der Waals surface area contributed by atoms with Crippen LogP contribution in [0.15, 0.2) is 59.1 Å². The molecule has 1 aliphatic rings. The number of hydrogen-bond acceptors (Lipinski definition) is 10. The van der Waals surface area contributed by atoms with Gasteiger partial charge in [-0.15, -0.1) is 0 Å². The Labute approximate surface area is 247 Å². The molecule has 1 fully saturated rings. The Morgan fingerprint density at radius 3 is 2.58 bits per heavy atom. The molecule has 1 aliphatic heterocycles. The predicted molar refractivity (Wildman–Crippen MR) is 161 cm³/mol. The number of pyridine rings is 3. The lowest BCUT2D eigenvalue weighted by Gasteiger charge is -2.40. The summed E-state index contributed by atoms with van der Waals surface area (Å²) >= 11 is 0. The first kappa shape index (κ1) is 29.8. The van der Waals surface area contributed by atoms with E-state index in [1.807, 2.05) is 25.7 Å². The van der Waals surface area contributed by atoms with Crippen molar-refractivity contribution in [2.24, 2.45) is 0 Å². The summed E-state index contributed by atoms with van der Waals surface area (Å²) < 4.78 is 43.0. The molecule has 5 heterocycles. The van der Waals surface area contributed by atoms with Gasteiger partial charge in [-0.2, -0.15) is 4.98 Å². The third-order valence-electron chi connectivity index (χ3n) is 7.38. The molecule has 1 amide bonds.